The van der Waals surface area contributed by atoms with Crippen LogP contribution in [0.15, 0.2) is 53.3 Å². The minimum atomic E-state index is -0.131. The van der Waals surface area contributed by atoms with Crippen LogP contribution >= 0.6 is 0 Å². The van der Waals surface area contributed by atoms with E-state index >= 15 is 0 Å². The average molecular weight is 376 g/mol. The van der Waals surface area contributed by atoms with E-state index in [-0.39, 0.29) is 11.1 Å². The fourth-order valence-electron chi connectivity index (χ4n) is 4.48. The summed E-state index contributed by atoms with van der Waals surface area (Å²) in [7, 11) is 0. The number of ether oxygens (including phenoxy) is 2. The van der Waals surface area contributed by atoms with Gasteiger partial charge in [-0.25, -0.2) is 0 Å². The average Bonchev–Trinajstić information content (AvgIpc) is 3.22. The van der Waals surface area contributed by atoms with Gasteiger partial charge < -0.3 is 19.8 Å². The molecule has 1 saturated carbocycles. The zero-order chi connectivity index (χ0) is 19.0. The number of rotatable bonds is 4. The van der Waals surface area contributed by atoms with Crippen LogP contribution in [0.4, 0.5) is 0 Å². The van der Waals surface area contributed by atoms with Crippen LogP contribution in [0.3, 0.4) is 0 Å². The number of hydrogen-bond donors (Lipinski definition) is 2. The van der Waals surface area contributed by atoms with Crippen LogP contribution in [0.25, 0.3) is 10.9 Å². The lowest BCUT2D eigenvalue weighted by atomic mass is 9.87. The van der Waals surface area contributed by atoms with E-state index in [4.69, 9.17) is 9.47 Å². The van der Waals surface area contributed by atoms with Crippen LogP contribution < -0.4 is 20.3 Å². The molecule has 0 bridgehead atoms. The minimum absolute atomic E-state index is 0.0264. The molecule has 5 nitrogen and oxygen atoms in total. The Balaban J connectivity index is 1.45. The molecular formula is C23H24N2O3. The van der Waals surface area contributed by atoms with E-state index in [0.29, 0.717) is 19.8 Å². The highest BCUT2D eigenvalue weighted by atomic mass is 16.6. The fourth-order valence-corrected chi connectivity index (χ4v) is 4.48. The molecule has 5 rings (SSSR count). The summed E-state index contributed by atoms with van der Waals surface area (Å²) < 4.78 is 11.5. The second kappa shape index (κ2) is 6.99. The molecule has 0 amide bonds. The fraction of sp³-hybridized carbons (Fsp3) is 0.348. The molecule has 3 aromatic rings. The van der Waals surface area contributed by atoms with E-state index in [1.54, 1.807) is 0 Å². The van der Waals surface area contributed by atoms with E-state index in [0.717, 1.165) is 40.8 Å². The van der Waals surface area contributed by atoms with Gasteiger partial charge in [-0.3, -0.25) is 4.79 Å². The Morgan fingerprint density at radius 1 is 0.964 bits per heavy atom. The van der Waals surface area contributed by atoms with Gasteiger partial charge in [-0.05, 0) is 48.1 Å². The van der Waals surface area contributed by atoms with Crippen LogP contribution in [0.2, 0.25) is 0 Å². The highest BCUT2D eigenvalue weighted by molar-refractivity contribution is 5.78. The molecule has 0 saturated heterocycles. The summed E-state index contributed by atoms with van der Waals surface area (Å²) in [6.45, 7) is 1.72. The Labute approximate surface area is 163 Å². The van der Waals surface area contributed by atoms with Crippen LogP contribution in [0, 0.1) is 0 Å². The summed E-state index contributed by atoms with van der Waals surface area (Å²) in [6, 6.07) is 16.1. The molecule has 1 fully saturated rings. The SMILES string of the molecule is O=c1[nH]c2ccccc2cc1CNC1(c2ccc3c(c2)OCCO3)CCCC1. The van der Waals surface area contributed by atoms with Gasteiger partial charge in [0.05, 0.1) is 0 Å². The Morgan fingerprint density at radius 3 is 2.61 bits per heavy atom. The van der Waals surface area contributed by atoms with E-state index in [9.17, 15) is 4.79 Å². The number of benzene rings is 2. The molecule has 2 aromatic carbocycles. The third kappa shape index (κ3) is 3.06. The third-order valence-electron chi connectivity index (χ3n) is 6.00. The number of hydrogen-bond acceptors (Lipinski definition) is 4. The van der Waals surface area contributed by atoms with E-state index < -0.39 is 0 Å². The summed E-state index contributed by atoms with van der Waals surface area (Å²) in [5.74, 6) is 1.63. The number of para-hydroxylation sites is 1. The van der Waals surface area contributed by atoms with Crippen molar-refractivity contribution in [3.8, 4) is 11.5 Å². The molecule has 28 heavy (non-hydrogen) atoms. The van der Waals surface area contributed by atoms with Gasteiger partial charge in [0.1, 0.15) is 13.2 Å². The second-order valence-corrected chi connectivity index (χ2v) is 7.71. The third-order valence-corrected chi connectivity index (χ3v) is 6.00. The maximum absolute atomic E-state index is 12.5. The van der Waals surface area contributed by atoms with Crippen molar-refractivity contribution in [3.05, 3.63) is 70.0 Å². The van der Waals surface area contributed by atoms with Crippen LogP contribution in [0.5, 0.6) is 11.5 Å². The summed E-state index contributed by atoms with van der Waals surface area (Å²) in [5.41, 5.74) is 2.70. The normalized spacial score (nSPS) is 17.7. The summed E-state index contributed by atoms with van der Waals surface area (Å²) in [5, 5.41) is 4.78. The van der Waals surface area contributed by atoms with Crippen molar-refractivity contribution in [1.29, 1.82) is 0 Å². The van der Waals surface area contributed by atoms with Gasteiger partial charge in [0, 0.05) is 23.2 Å². The van der Waals surface area contributed by atoms with Gasteiger partial charge in [0.2, 0.25) is 0 Å². The monoisotopic (exact) mass is 376 g/mol. The molecule has 5 heteroatoms. The minimum Gasteiger partial charge on any atom is -0.486 e. The number of aromatic amines is 1. The molecule has 2 heterocycles. The molecule has 2 aliphatic rings. The molecule has 1 aromatic heterocycles. The van der Waals surface area contributed by atoms with Crippen molar-refractivity contribution in [1.82, 2.24) is 10.3 Å². The molecule has 2 N–H and O–H groups in total. The Bertz CT molecular complexity index is 1070. The summed E-state index contributed by atoms with van der Waals surface area (Å²) in [6.07, 6.45) is 4.46. The Hall–Kier alpha value is -2.79. The Kier molecular flexibility index (Phi) is 4.32. The quantitative estimate of drug-likeness (QED) is 0.726. The maximum atomic E-state index is 12.5. The largest absolute Gasteiger partial charge is 0.486 e. The van der Waals surface area contributed by atoms with Crippen molar-refractivity contribution in [2.75, 3.05) is 13.2 Å². The first-order valence-corrected chi connectivity index (χ1v) is 10.00. The van der Waals surface area contributed by atoms with Gasteiger partial charge in [-0.15, -0.1) is 0 Å². The lowest BCUT2D eigenvalue weighted by Crippen LogP contribution is -2.40. The molecule has 0 unspecified atom stereocenters. The molecule has 0 radical (unpaired) electrons. The van der Waals surface area contributed by atoms with Gasteiger partial charge in [-0.2, -0.15) is 0 Å². The van der Waals surface area contributed by atoms with Gasteiger partial charge in [0.25, 0.3) is 5.56 Å². The standard InChI is InChI=1S/C23H24N2O3/c26-22-17(13-16-5-1-2-6-19(16)25-22)15-24-23(9-3-4-10-23)18-7-8-20-21(14-18)28-12-11-27-20/h1-2,5-8,13-14,24H,3-4,9-12,15H2,(H,25,26). The first-order valence-electron chi connectivity index (χ1n) is 10.00. The zero-order valence-corrected chi connectivity index (χ0v) is 15.8. The smallest absolute Gasteiger partial charge is 0.252 e. The molecule has 0 spiro atoms. The molecule has 1 aliphatic heterocycles. The van der Waals surface area contributed by atoms with Gasteiger partial charge >= 0.3 is 0 Å². The lowest BCUT2D eigenvalue weighted by Gasteiger charge is -2.32. The van der Waals surface area contributed by atoms with Gasteiger partial charge in [0.15, 0.2) is 11.5 Å². The van der Waals surface area contributed by atoms with Crippen LogP contribution in [-0.2, 0) is 12.1 Å². The first-order chi connectivity index (χ1) is 13.7. The highest BCUT2D eigenvalue weighted by Crippen LogP contribution is 2.42. The van der Waals surface area contributed by atoms with Crippen LogP contribution in [-0.4, -0.2) is 18.2 Å². The second-order valence-electron chi connectivity index (χ2n) is 7.71. The van der Waals surface area contributed by atoms with E-state index in [1.165, 1.54) is 18.4 Å². The number of fused-ring (bicyclic) bond motifs is 2. The lowest BCUT2D eigenvalue weighted by molar-refractivity contribution is 0.170. The van der Waals surface area contributed by atoms with E-state index in [1.807, 2.05) is 36.4 Å². The number of H-pyrrole nitrogens is 1. The molecule has 144 valence electrons. The zero-order valence-electron chi connectivity index (χ0n) is 15.8. The Morgan fingerprint density at radius 2 is 1.75 bits per heavy atom. The number of aromatic nitrogens is 1. The summed E-state index contributed by atoms with van der Waals surface area (Å²) >= 11 is 0. The van der Waals surface area contributed by atoms with Crippen molar-refractivity contribution < 1.29 is 9.47 Å². The maximum Gasteiger partial charge on any atom is 0.252 e. The van der Waals surface area contributed by atoms with Crippen molar-refractivity contribution in [3.63, 3.8) is 0 Å². The number of nitrogens with one attached hydrogen (secondary N) is 2. The summed E-state index contributed by atoms with van der Waals surface area (Å²) in [4.78, 5) is 15.5. The highest BCUT2D eigenvalue weighted by Gasteiger charge is 2.36. The van der Waals surface area contributed by atoms with Crippen LogP contribution in [0.1, 0.15) is 36.8 Å². The predicted molar refractivity (Wildman–Crippen MR) is 109 cm³/mol. The van der Waals surface area contributed by atoms with Crippen molar-refractivity contribution in [2.24, 2.45) is 0 Å². The number of pyridine rings is 1. The van der Waals surface area contributed by atoms with E-state index in [2.05, 4.69) is 22.4 Å². The van der Waals surface area contributed by atoms with Gasteiger partial charge in [-0.1, -0.05) is 37.1 Å². The van der Waals surface area contributed by atoms with Crippen molar-refractivity contribution >= 4 is 10.9 Å². The molecule has 0 atom stereocenters. The predicted octanol–water partition coefficient (Wildman–Crippen LogP) is 3.86. The topological polar surface area (TPSA) is 63.4 Å². The molecular weight excluding hydrogens is 352 g/mol. The first kappa shape index (κ1) is 17.3. The van der Waals surface area contributed by atoms with Crippen molar-refractivity contribution in [2.45, 2.75) is 37.8 Å². The molecule has 1 aliphatic carbocycles.